The summed E-state index contributed by atoms with van der Waals surface area (Å²) in [5.74, 6) is -1.50. The second kappa shape index (κ2) is 8.54. The molecule has 3 heterocycles. The summed E-state index contributed by atoms with van der Waals surface area (Å²) >= 11 is 0. The second-order valence-corrected chi connectivity index (χ2v) is 8.93. The molecule has 0 amide bonds. The van der Waals surface area contributed by atoms with Gasteiger partial charge in [-0.05, 0) is 37.1 Å². The Balaban J connectivity index is 1.63. The molecule has 1 fully saturated rings. The van der Waals surface area contributed by atoms with Gasteiger partial charge in [-0.25, -0.2) is 8.78 Å². The van der Waals surface area contributed by atoms with Crippen LogP contribution in [0.25, 0.3) is 0 Å². The molecular formula is C23H25F5N4O2. The highest BCUT2D eigenvalue weighted by Gasteiger charge is 2.44. The number of benzene rings is 2. The Morgan fingerprint density at radius 1 is 1.12 bits per heavy atom. The van der Waals surface area contributed by atoms with Crippen molar-refractivity contribution in [1.29, 1.82) is 0 Å². The Morgan fingerprint density at radius 2 is 1.79 bits per heavy atom. The van der Waals surface area contributed by atoms with Gasteiger partial charge < -0.3 is 25.4 Å². The van der Waals surface area contributed by atoms with Crippen molar-refractivity contribution in [3.05, 3.63) is 52.6 Å². The molecule has 184 valence electrons. The number of ether oxygens (including phenoxy) is 1. The SMILES string of the molecule is C[C@@H]1Cc2c(ccc3c2OC(O)N3)[C@@H](c2c(F)cc(N3CCNCC3)cc2F)N1CC(F)(F)F. The van der Waals surface area contributed by atoms with Gasteiger partial charge in [-0.2, -0.15) is 13.2 Å². The quantitative estimate of drug-likeness (QED) is 0.581. The molecule has 2 aromatic rings. The monoisotopic (exact) mass is 484 g/mol. The van der Waals surface area contributed by atoms with Crippen molar-refractivity contribution < 1.29 is 31.8 Å². The number of anilines is 2. The summed E-state index contributed by atoms with van der Waals surface area (Å²) in [7, 11) is 0. The van der Waals surface area contributed by atoms with Crippen LogP contribution in [-0.2, 0) is 6.42 Å². The lowest BCUT2D eigenvalue weighted by molar-refractivity contribution is -0.155. The van der Waals surface area contributed by atoms with Crippen LogP contribution in [0.5, 0.6) is 5.75 Å². The molecule has 2 aromatic carbocycles. The lowest BCUT2D eigenvalue weighted by Gasteiger charge is -2.43. The van der Waals surface area contributed by atoms with Crippen molar-refractivity contribution in [3.63, 3.8) is 0 Å². The average molecular weight is 484 g/mol. The first-order chi connectivity index (χ1) is 16.1. The Morgan fingerprint density at radius 3 is 2.44 bits per heavy atom. The van der Waals surface area contributed by atoms with E-state index in [4.69, 9.17) is 4.74 Å². The van der Waals surface area contributed by atoms with Gasteiger partial charge in [0.05, 0.1) is 18.3 Å². The van der Waals surface area contributed by atoms with E-state index in [2.05, 4.69) is 10.6 Å². The fourth-order valence-corrected chi connectivity index (χ4v) is 5.19. The van der Waals surface area contributed by atoms with Crippen LogP contribution < -0.4 is 20.3 Å². The Hall–Kier alpha value is -2.63. The summed E-state index contributed by atoms with van der Waals surface area (Å²) in [6.45, 7) is 2.74. The molecule has 0 aromatic heterocycles. The summed E-state index contributed by atoms with van der Waals surface area (Å²) in [6.07, 6.45) is -5.69. The highest BCUT2D eigenvalue weighted by Crippen LogP contribution is 2.48. The summed E-state index contributed by atoms with van der Waals surface area (Å²) in [4.78, 5) is 2.92. The van der Waals surface area contributed by atoms with E-state index in [0.29, 0.717) is 54.4 Å². The van der Waals surface area contributed by atoms with Gasteiger partial charge in [0, 0.05) is 49.0 Å². The lowest BCUT2D eigenvalue weighted by atomic mass is 9.83. The minimum atomic E-state index is -4.57. The molecule has 3 N–H and O–H groups in total. The summed E-state index contributed by atoms with van der Waals surface area (Å²) < 4.78 is 77.2. The van der Waals surface area contributed by atoms with Crippen LogP contribution in [0.3, 0.4) is 0 Å². The van der Waals surface area contributed by atoms with Crippen molar-refractivity contribution >= 4 is 11.4 Å². The molecule has 3 aliphatic rings. The van der Waals surface area contributed by atoms with Crippen LogP contribution in [0, 0.1) is 11.6 Å². The van der Waals surface area contributed by atoms with Crippen molar-refractivity contribution in [2.24, 2.45) is 0 Å². The highest BCUT2D eigenvalue weighted by molar-refractivity contribution is 5.67. The number of aliphatic hydroxyl groups excluding tert-OH is 1. The van der Waals surface area contributed by atoms with Crippen molar-refractivity contribution in [2.45, 2.75) is 38.0 Å². The molecular weight excluding hydrogens is 459 g/mol. The van der Waals surface area contributed by atoms with Gasteiger partial charge in [-0.15, -0.1) is 0 Å². The van der Waals surface area contributed by atoms with E-state index in [1.54, 1.807) is 19.1 Å². The molecule has 0 radical (unpaired) electrons. The number of hydrogen-bond acceptors (Lipinski definition) is 6. The smallest absolute Gasteiger partial charge is 0.401 e. The Bertz CT molecular complexity index is 1070. The van der Waals surface area contributed by atoms with E-state index in [1.165, 1.54) is 12.1 Å². The van der Waals surface area contributed by atoms with Gasteiger partial charge in [0.15, 0.2) is 5.75 Å². The van der Waals surface area contributed by atoms with Crippen LogP contribution in [0.4, 0.5) is 33.3 Å². The summed E-state index contributed by atoms with van der Waals surface area (Å²) in [5, 5.41) is 15.7. The third-order valence-electron chi connectivity index (χ3n) is 6.68. The fraction of sp³-hybridized carbons (Fsp3) is 0.478. The molecule has 34 heavy (non-hydrogen) atoms. The van der Waals surface area contributed by atoms with Crippen LogP contribution in [0.2, 0.25) is 0 Å². The Kier molecular flexibility index (Phi) is 5.81. The number of hydrogen-bond donors (Lipinski definition) is 3. The number of alkyl halides is 3. The molecule has 0 saturated carbocycles. The molecule has 11 heteroatoms. The highest BCUT2D eigenvalue weighted by atomic mass is 19.4. The normalized spacial score (nSPS) is 24.9. The van der Waals surface area contributed by atoms with E-state index < -0.39 is 48.4 Å². The molecule has 0 bridgehead atoms. The van der Waals surface area contributed by atoms with Crippen LogP contribution in [0.15, 0.2) is 24.3 Å². The number of aliphatic hydroxyl groups is 1. The first-order valence-corrected chi connectivity index (χ1v) is 11.2. The lowest BCUT2D eigenvalue weighted by Crippen LogP contribution is -2.47. The predicted octanol–water partition coefficient (Wildman–Crippen LogP) is 3.35. The largest absolute Gasteiger partial charge is 0.444 e. The van der Waals surface area contributed by atoms with Crippen LogP contribution in [0.1, 0.15) is 29.7 Å². The van der Waals surface area contributed by atoms with E-state index in [9.17, 15) is 18.3 Å². The van der Waals surface area contributed by atoms with Gasteiger partial charge in [-0.3, -0.25) is 4.90 Å². The number of piperazine rings is 1. The molecule has 3 atom stereocenters. The van der Waals surface area contributed by atoms with Gasteiger partial charge in [0.1, 0.15) is 11.6 Å². The first kappa shape index (κ1) is 23.1. The maximum Gasteiger partial charge on any atom is 0.401 e. The minimum absolute atomic E-state index is 0.168. The van der Waals surface area contributed by atoms with Gasteiger partial charge in [-0.1, -0.05) is 6.07 Å². The molecule has 6 nitrogen and oxygen atoms in total. The third kappa shape index (κ3) is 4.16. The third-order valence-corrected chi connectivity index (χ3v) is 6.68. The molecule has 0 spiro atoms. The van der Waals surface area contributed by atoms with Gasteiger partial charge >= 0.3 is 6.18 Å². The summed E-state index contributed by atoms with van der Waals surface area (Å²) in [6, 6.07) is 3.48. The van der Waals surface area contributed by atoms with E-state index >= 15 is 8.78 Å². The molecule has 3 aliphatic heterocycles. The summed E-state index contributed by atoms with van der Waals surface area (Å²) in [5.41, 5.74) is 1.27. The zero-order valence-corrected chi connectivity index (χ0v) is 18.4. The number of fused-ring (bicyclic) bond motifs is 3. The number of rotatable bonds is 3. The van der Waals surface area contributed by atoms with Gasteiger partial charge in [0.2, 0.25) is 0 Å². The minimum Gasteiger partial charge on any atom is -0.444 e. The van der Waals surface area contributed by atoms with Crippen LogP contribution in [-0.4, -0.2) is 61.4 Å². The molecule has 1 unspecified atom stereocenters. The first-order valence-electron chi connectivity index (χ1n) is 11.2. The van der Waals surface area contributed by atoms with E-state index in [-0.39, 0.29) is 6.42 Å². The molecule has 0 aliphatic carbocycles. The van der Waals surface area contributed by atoms with E-state index in [0.717, 1.165) is 4.90 Å². The van der Waals surface area contributed by atoms with E-state index in [1.807, 2.05) is 4.90 Å². The molecule has 5 rings (SSSR count). The van der Waals surface area contributed by atoms with Crippen molar-refractivity contribution in [3.8, 4) is 5.75 Å². The maximum absolute atomic E-state index is 15.5. The maximum atomic E-state index is 15.5. The zero-order chi connectivity index (χ0) is 24.2. The zero-order valence-electron chi connectivity index (χ0n) is 18.4. The predicted molar refractivity (Wildman–Crippen MR) is 116 cm³/mol. The second-order valence-electron chi connectivity index (χ2n) is 8.93. The molecule has 1 saturated heterocycles. The Labute approximate surface area is 193 Å². The fourth-order valence-electron chi connectivity index (χ4n) is 5.19. The standard InChI is InChI=1S/C23H25F5N4O2/c1-12-8-15-14(2-3-18-21(15)34-22(33)30-18)20(32(12)11-23(26,27)28)19-16(24)9-13(10-17(19)25)31-6-4-29-5-7-31/h2-3,9-10,12,20,22,29-30,33H,4-8,11H2,1H3/t12-,20+,22?/m1/s1. The van der Waals surface area contributed by atoms with Crippen molar-refractivity contribution in [2.75, 3.05) is 42.9 Å². The van der Waals surface area contributed by atoms with Crippen molar-refractivity contribution in [1.82, 2.24) is 10.2 Å². The number of nitrogens with zero attached hydrogens (tertiary/aromatic N) is 2. The number of nitrogens with one attached hydrogen (secondary N) is 2. The van der Waals surface area contributed by atoms with Crippen LogP contribution >= 0.6 is 0 Å². The van der Waals surface area contributed by atoms with Gasteiger partial charge in [0.25, 0.3) is 6.41 Å². The topological polar surface area (TPSA) is 60.0 Å². The number of halogens is 5. The average Bonchev–Trinajstić information content (AvgIpc) is 3.15.